The van der Waals surface area contributed by atoms with Crippen LogP contribution in [0.3, 0.4) is 0 Å². The zero-order valence-electron chi connectivity index (χ0n) is 5.97. The van der Waals surface area contributed by atoms with Crippen molar-refractivity contribution in [3.8, 4) is 0 Å². The van der Waals surface area contributed by atoms with Gasteiger partial charge in [0.25, 0.3) is 0 Å². The first-order chi connectivity index (χ1) is 4.04. The molecule has 1 fully saturated rings. The van der Waals surface area contributed by atoms with Crippen LogP contribution in [0.15, 0.2) is 0 Å². The van der Waals surface area contributed by atoms with E-state index >= 15 is 0 Å². The van der Waals surface area contributed by atoms with Crippen LogP contribution < -0.4 is 0 Å². The number of rotatable bonds is 0. The summed E-state index contributed by atoms with van der Waals surface area (Å²) in [6, 6.07) is 0. The van der Waals surface area contributed by atoms with Gasteiger partial charge in [-0.1, -0.05) is 0 Å². The molecule has 0 aromatic rings. The maximum atomic E-state index is 11.2. The molecule has 2 nitrogen and oxygen atoms in total. The molecular formula is C6H11NOSe. The van der Waals surface area contributed by atoms with E-state index in [9.17, 15) is 4.79 Å². The molecular weight excluding hydrogens is 181 g/mol. The van der Waals surface area contributed by atoms with Crippen molar-refractivity contribution in [2.75, 3.05) is 7.05 Å². The average Bonchev–Trinajstić information content (AvgIpc) is 1.97. The standard InChI is InChI=1S/C6H11NOSe/c1-6(2)4-9-7(3)5(6)8/h4H2,1-3H3. The minimum absolute atomic E-state index is 0.0608. The van der Waals surface area contributed by atoms with E-state index in [0.717, 1.165) is 5.32 Å². The summed E-state index contributed by atoms with van der Waals surface area (Å²) in [5, 5.41) is 1.06. The monoisotopic (exact) mass is 193 g/mol. The third-order valence-electron chi connectivity index (χ3n) is 1.48. The summed E-state index contributed by atoms with van der Waals surface area (Å²) >= 11 is 0.417. The second-order valence-electron chi connectivity index (χ2n) is 2.96. The number of nitrogens with zero attached hydrogens (tertiary/aromatic N) is 1. The summed E-state index contributed by atoms with van der Waals surface area (Å²) in [4.78, 5) is 11.2. The SMILES string of the molecule is CN1[Se]CC(C)(C)C1=O. The van der Waals surface area contributed by atoms with Crippen LogP contribution in [-0.2, 0) is 4.79 Å². The van der Waals surface area contributed by atoms with E-state index in [4.69, 9.17) is 0 Å². The van der Waals surface area contributed by atoms with Gasteiger partial charge in [0.2, 0.25) is 0 Å². The van der Waals surface area contributed by atoms with E-state index in [2.05, 4.69) is 0 Å². The van der Waals surface area contributed by atoms with Crippen LogP contribution in [0.2, 0.25) is 5.32 Å². The molecule has 9 heavy (non-hydrogen) atoms. The van der Waals surface area contributed by atoms with Crippen molar-refractivity contribution in [1.82, 2.24) is 3.92 Å². The van der Waals surface area contributed by atoms with Crippen molar-refractivity contribution in [2.24, 2.45) is 5.41 Å². The summed E-state index contributed by atoms with van der Waals surface area (Å²) in [6.07, 6.45) is 0. The van der Waals surface area contributed by atoms with Gasteiger partial charge in [-0.2, -0.15) is 0 Å². The molecule has 0 spiro atoms. The molecule has 1 aliphatic rings. The molecule has 1 heterocycles. The van der Waals surface area contributed by atoms with Crippen LogP contribution in [0, 0.1) is 5.41 Å². The van der Waals surface area contributed by atoms with Gasteiger partial charge in [-0.3, -0.25) is 0 Å². The molecule has 0 bridgehead atoms. The normalized spacial score (nSPS) is 25.2. The topological polar surface area (TPSA) is 20.3 Å². The maximum absolute atomic E-state index is 11.2. The number of carbonyl (C=O) groups excluding carboxylic acids is 1. The Morgan fingerprint density at radius 1 is 1.67 bits per heavy atom. The Kier molecular flexibility index (Phi) is 1.57. The molecule has 0 saturated carbocycles. The molecule has 0 unspecified atom stereocenters. The van der Waals surface area contributed by atoms with Gasteiger partial charge >= 0.3 is 61.4 Å². The van der Waals surface area contributed by atoms with Crippen LogP contribution in [0.5, 0.6) is 0 Å². The predicted octanol–water partition coefficient (Wildman–Crippen LogP) is 0.522. The van der Waals surface area contributed by atoms with Gasteiger partial charge in [0.15, 0.2) is 0 Å². The van der Waals surface area contributed by atoms with Crippen LogP contribution in [-0.4, -0.2) is 32.0 Å². The van der Waals surface area contributed by atoms with Crippen molar-refractivity contribution in [3.05, 3.63) is 0 Å². The molecule has 1 rings (SSSR count). The van der Waals surface area contributed by atoms with E-state index in [1.807, 2.05) is 24.8 Å². The molecule has 0 aromatic carbocycles. The predicted molar refractivity (Wildman–Crippen MR) is 37.1 cm³/mol. The molecule has 0 aromatic heterocycles. The number of hydrogen-bond acceptors (Lipinski definition) is 1. The summed E-state index contributed by atoms with van der Waals surface area (Å²) < 4.78 is 1.85. The molecule has 0 N–H and O–H groups in total. The quantitative estimate of drug-likeness (QED) is 0.512. The van der Waals surface area contributed by atoms with Crippen LogP contribution in [0.25, 0.3) is 0 Å². The fourth-order valence-electron chi connectivity index (χ4n) is 0.805. The second-order valence-corrected chi connectivity index (χ2v) is 5.26. The van der Waals surface area contributed by atoms with Crippen molar-refractivity contribution in [1.29, 1.82) is 0 Å². The van der Waals surface area contributed by atoms with Crippen LogP contribution >= 0.6 is 0 Å². The zero-order valence-corrected chi connectivity index (χ0v) is 7.68. The summed E-state index contributed by atoms with van der Waals surface area (Å²) in [6.45, 7) is 4.03. The molecule has 0 radical (unpaired) electrons. The minimum atomic E-state index is -0.0608. The Bertz CT molecular complexity index is 144. The number of hydrogen-bond donors (Lipinski definition) is 0. The van der Waals surface area contributed by atoms with E-state index in [0.29, 0.717) is 21.1 Å². The second kappa shape index (κ2) is 1.99. The summed E-state index contributed by atoms with van der Waals surface area (Å²) in [7, 11) is 1.89. The number of carbonyl (C=O) groups is 1. The molecule has 52 valence electrons. The first kappa shape index (κ1) is 7.10. The summed E-state index contributed by atoms with van der Waals surface area (Å²) in [5.74, 6) is 0.308. The first-order valence-electron chi connectivity index (χ1n) is 2.95. The fourth-order valence-corrected chi connectivity index (χ4v) is 2.91. The van der Waals surface area contributed by atoms with Gasteiger partial charge in [-0.05, 0) is 0 Å². The molecule has 1 aliphatic heterocycles. The van der Waals surface area contributed by atoms with E-state index in [-0.39, 0.29) is 5.41 Å². The van der Waals surface area contributed by atoms with Crippen molar-refractivity contribution < 1.29 is 4.79 Å². The first-order valence-corrected chi connectivity index (χ1v) is 4.93. The van der Waals surface area contributed by atoms with E-state index < -0.39 is 0 Å². The third kappa shape index (κ3) is 1.12. The number of amides is 1. The summed E-state index contributed by atoms with van der Waals surface area (Å²) in [5.41, 5.74) is -0.0608. The Labute approximate surface area is 62.0 Å². The van der Waals surface area contributed by atoms with E-state index in [1.165, 1.54) is 0 Å². The van der Waals surface area contributed by atoms with Crippen molar-refractivity contribution >= 4 is 21.1 Å². The fraction of sp³-hybridized carbons (Fsp3) is 0.833. The third-order valence-corrected chi connectivity index (χ3v) is 4.43. The van der Waals surface area contributed by atoms with Gasteiger partial charge in [-0.15, -0.1) is 0 Å². The van der Waals surface area contributed by atoms with Gasteiger partial charge in [0.05, 0.1) is 0 Å². The van der Waals surface area contributed by atoms with Crippen LogP contribution in [0.1, 0.15) is 13.8 Å². The van der Waals surface area contributed by atoms with Gasteiger partial charge < -0.3 is 0 Å². The van der Waals surface area contributed by atoms with Gasteiger partial charge in [0.1, 0.15) is 0 Å². The Morgan fingerprint density at radius 2 is 2.22 bits per heavy atom. The molecule has 0 atom stereocenters. The Balaban J connectivity index is 2.74. The van der Waals surface area contributed by atoms with Crippen molar-refractivity contribution in [3.63, 3.8) is 0 Å². The molecule has 1 saturated heterocycles. The zero-order chi connectivity index (χ0) is 7.07. The Morgan fingerprint density at radius 3 is 2.33 bits per heavy atom. The average molecular weight is 192 g/mol. The van der Waals surface area contributed by atoms with Gasteiger partial charge in [0, 0.05) is 0 Å². The Hall–Kier alpha value is -0.0105. The molecule has 0 aliphatic carbocycles. The van der Waals surface area contributed by atoms with Crippen LogP contribution in [0.4, 0.5) is 0 Å². The van der Waals surface area contributed by atoms with E-state index in [1.54, 1.807) is 0 Å². The molecule has 1 amide bonds. The van der Waals surface area contributed by atoms with Gasteiger partial charge in [-0.25, -0.2) is 0 Å². The molecule has 3 heteroatoms. The van der Waals surface area contributed by atoms with Crippen molar-refractivity contribution in [2.45, 2.75) is 19.2 Å².